The third-order valence-corrected chi connectivity index (χ3v) is 7.81. The molecule has 0 spiro atoms. The summed E-state index contributed by atoms with van der Waals surface area (Å²) in [6.07, 6.45) is -1.82. The highest BCUT2D eigenvalue weighted by Crippen LogP contribution is 2.52. The maximum atomic E-state index is 13.2. The van der Waals surface area contributed by atoms with Crippen molar-refractivity contribution in [2.24, 2.45) is 0 Å². The quantitative estimate of drug-likeness (QED) is 0.387. The van der Waals surface area contributed by atoms with E-state index in [1.54, 1.807) is 6.92 Å². The summed E-state index contributed by atoms with van der Waals surface area (Å²) in [6, 6.07) is 15.9. The third-order valence-electron chi connectivity index (χ3n) is 7.81. The Bertz CT molecular complexity index is 1760. The molecule has 0 radical (unpaired) electrons. The van der Waals surface area contributed by atoms with Gasteiger partial charge in [0.05, 0.1) is 34.1 Å². The van der Waals surface area contributed by atoms with Crippen LogP contribution in [0, 0.1) is 0 Å². The van der Waals surface area contributed by atoms with Gasteiger partial charge in [0, 0.05) is 28.1 Å². The molecule has 7 nitrogen and oxygen atoms in total. The lowest BCUT2D eigenvalue weighted by molar-refractivity contribution is -0.230. The number of hydrogen-bond donors (Lipinski definition) is 2. The second kappa shape index (κ2) is 5.44. The molecule has 3 aliphatic heterocycles. The third kappa shape index (κ3) is 1.80. The van der Waals surface area contributed by atoms with E-state index < -0.39 is 18.1 Å². The average molecular weight is 437 g/mol. The number of carbonyl (C=O) groups excluding carboxylic acids is 2. The zero-order valence-corrected chi connectivity index (χ0v) is 17.8. The zero-order chi connectivity index (χ0) is 22.2. The van der Waals surface area contributed by atoms with E-state index in [-0.39, 0.29) is 18.1 Å². The molecule has 7 heteroatoms. The van der Waals surface area contributed by atoms with Gasteiger partial charge in [0.25, 0.3) is 5.91 Å². The molecule has 162 valence electrons. The lowest BCUT2D eigenvalue weighted by Crippen LogP contribution is -2.53. The molecule has 0 unspecified atom stereocenters. The van der Waals surface area contributed by atoms with E-state index in [4.69, 9.17) is 4.74 Å². The Balaban J connectivity index is 1.78. The van der Waals surface area contributed by atoms with Gasteiger partial charge in [0.2, 0.25) is 0 Å². The molecule has 3 aromatic carbocycles. The predicted octanol–water partition coefficient (Wildman–Crippen LogP) is 3.68. The van der Waals surface area contributed by atoms with Crippen molar-refractivity contribution in [1.82, 2.24) is 14.5 Å². The molecule has 2 aromatic heterocycles. The van der Waals surface area contributed by atoms with Crippen LogP contribution in [0.5, 0.6) is 0 Å². The molecule has 0 saturated carbocycles. The van der Waals surface area contributed by atoms with Crippen LogP contribution in [0.15, 0.2) is 48.5 Å². The second-order valence-corrected chi connectivity index (χ2v) is 9.42. The molecule has 5 aromatic rings. The van der Waals surface area contributed by atoms with Crippen molar-refractivity contribution in [2.75, 3.05) is 0 Å². The maximum absolute atomic E-state index is 13.2. The number of aliphatic hydroxyl groups excluding tert-OH is 1. The number of rotatable bonds is 0. The standard InChI is InChI=1S/C26H19N3O4/c1-26-24(31)17(30)10-18(33-26)28-15-8-4-2-6-12(15)20-21-14(11-27-25(21)32)19-13-7-3-5-9-16(13)29(26)23(19)22(20)28/h2-9,18,24,31H,10-11H2,1H3,(H,27,32)/t18-,24-,26+/m1/s1. The summed E-state index contributed by atoms with van der Waals surface area (Å²) in [7, 11) is 0. The number of nitrogens with zero attached hydrogens (tertiary/aromatic N) is 2. The Hall–Kier alpha value is -3.68. The van der Waals surface area contributed by atoms with E-state index in [1.807, 2.05) is 53.1 Å². The van der Waals surface area contributed by atoms with Gasteiger partial charge in [-0.25, -0.2) is 0 Å². The second-order valence-electron chi connectivity index (χ2n) is 9.42. The number of Topliss-reactive ketones (excluding diaryl/α,β-unsaturated/α-hetero) is 1. The maximum Gasteiger partial charge on any atom is 0.252 e. The zero-order valence-electron chi connectivity index (χ0n) is 17.8. The van der Waals surface area contributed by atoms with Gasteiger partial charge in [-0.15, -0.1) is 0 Å². The first-order valence-electron chi connectivity index (χ1n) is 11.2. The fraction of sp³-hybridized carbons (Fsp3) is 0.231. The molecule has 1 amide bonds. The number of para-hydroxylation sites is 2. The molecular weight excluding hydrogens is 418 g/mol. The van der Waals surface area contributed by atoms with Gasteiger partial charge in [-0.05, 0) is 24.6 Å². The molecular formula is C26H19N3O4. The van der Waals surface area contributed by atoms with Crippen LogP contribution in [0.1, 0.15) is 35.5 Å². The smallest absolute Gasteiger partial charge is 0.252 e. The number of ether oxygens (including phenoxy) is 1. The largest absolute Gasteiger partial charge is 0.380 e. The minimum atomic E-state index is -1.30. The molecule has 3 aliphatic rings. The van der Waals surface area contributed by atoms with Gasteiger partial charge >= 0.3 is 0 Å². The van der Waals surface area contributed by atoms with Crippen LogP contribution in [0.4, 0.5) is 0 Å². The number of nitrogens with one attached hydrogen (secondary N) is 1. The number of aromatic nitrogens is 2. The van der Waals surface area contributed by atoms with E-state index in [0.29, 0.717) is 12.1 Å². The van der Waals surface area contributed by atoms with Gasteiger partial charge < -0.3 is 24.3 Å². The van der Waals surface area contributed by atoms with Crippen molar-refractivity contribution in [1.29, 1.82) is 0 Å². The predicted molar refractivity (Wildman–Crippen MR) is 123 cm³/mol. The first-order chi connectivity index (χ1) is 16.0. The van der Waals surface area contributed by atoms with Crippen molar-refractivity contribution in [2.45, 2.75) is 37.9 Å². The lowest BCUT2D eigenvalue weighted by atomic mass is 9.96. The topological polar surface area (TPSA) is 85.5 Å². The summed E-state index contributed by atoms with van der Waals surface area (Å²) in [5, 5.41) is 18.0. The van der Waals surface area contributed by atoms with Crippen molar-refractivity contribution in [3.63, 3.8) is 0 Å². The summed E-state index contributed by atoms with van der Waals surface area (Å²) >= 11 is 0. The van der Waals surface area contributed by atoms with E-state index in [1.165, 1.54) is 0 Å². The number of hydrogen-bond acceptors (Lipinski definition) is 4. The summed E-state index contributed by atoms with van der Waals surface area (Å²) in [4.78, 5) is 26.3. The van der Waals surface area contributed by atoms with E-state index in [0.717, 1.165) is 49.2 Å². The normalized spacial score (nSPS) is 26.0. The lowest BCUT2D eigenvalue weighted by Gasteiger charge is -2.42. The van der Waals surface area contributed by atoms with Crippen LogP contribution in [-0.4, -0.2) is 32.0 Å². The first kappa shape index (κ1) is 17.8. The van der Waals surface area contributed by atoms with Crippen LogP contribution in [0.2, 0.25) is 0 Å². The van der Waals surface area contributed by atoms with Gasteiger partial charge in [-0.1, -0.05) is 36.4 Å². The van der Waals surface area contributed by atoms with Crippen LogP contribution in [-0.2, 0) is 21.8 Å². The SMILES string of the molecule is C[C@]12O[C@H](CC(=O)[C@H]1O)n1c3ccccc3c3c4c(c5c6ccccc6n2c5c31)CNC4=O. The van der Waals surface area contributed by atoms with Crippen molar-refractivity contribution in [3.8, 4) is 0 Å². The molecule has 3 atom stereocenters. The van der Waals surface area contributed by atoms with Crippen LogP contribution < -0.4 is 5.32 Å². The number of aliphatic hydroxyl groups is 1. The minimum Gasteiger partial charge on any atom is -0.380 e. The fourth-order valence-electron chi connectivity index (χ4n) is 6.52. The number of amides is 1. The summed E-state index contributed by atoms with van der Waals surface area (Å²) in [6.45, 7) is 2.24. The number of carbonyl (C=O) groups is 2. The van der Waals surface area contributed by atoms with Crippen molar-refractivity contribution >= 4 is 55.3 Å². The van der Waals surface area contributed by atoms with Crippen LogP contribution in [0.3, 0.4) is 0 Å². The number of fused-ring (bicyclic) bond motifs is 13. The molecule has 1 saturated heterocycles. The molecule has 8 rings (SSSR count). The monoisotopic (exact) mass is 437 g/mol. The van der Waals surface area contributed by atoms with Gasteiger partial charge in [0.15, 0.2) is 17.6 Å². The average Bonchev–Trinajstić information content (AvgIpc) is 3.45. The number of benzene rings is 3. The van der Waals surface area contributed by atoms with E-state index >= 15 is 0 Å². The van der Waals surface area contributed by atoms with Gasteiger partial charge in [0.1, 0.15) is 6.23 Å². The van der Waals surface area contributed by atoms with Crippen LogP contribution in [0.25, 0.3) is 43.6 Å². The molecule has 5 heterocycles. The van der Waals surface area contributed by atoms with Crippen molar-refractivity contribution in [3.05, 3.63) is 59.7 Å². The molecule has 2 bridgehead atoms. The molecule has 0 aliphatic carbocycles. The number of ketones is 1. The van der Waals surface area contributed by atoms with Gasteiger partial charge in [-0.3, -0.25) is 9.59 Å². The summed E-state index contributed by atoms with van der Waals surface area (Å²) in [5.41, 5.74) is 3.95. The van der Waals surface area contributed by atoms with E-state index in [2.05, 4.69) is 9.88 Å². The highest BCUT2D eigenvalue weighted by molar-refractivity contribution is 6.31. The van der Waals surface area contributed by atoms with Crippen LogP contribution >= 0.6 is 0 Å². The Morgan fingerprint density at radius 3 is 2.48 bits per heavy atom. The highest BCUT2D eigenvalue weighted by Gasteiger charge is 2.52. The van der Waals surface area contributed by atoms with Gasteiger partial charge in [-0.2, -0.15) is 0 Å². The Labute approximate surface area is 187 Å². The molecule has 2 N–H and O–H groups in total. The molecule has 1 fully saturated rings. The van der Waals surface area contributed by atoms with E-state index in [9.17, 15) is 14.7 Å². The first-order valence-corrected chi connectivity index (χ1v) is 11.2. The summed E-state index contributed by atoms with van der Waals surface area (Å²) in [5.74, 6) is -0.328. The highest BCUT2D eigenvalue weighted by atomic mass is 16.6. The summed E-state index contributed by atoms with van der Waals surface area (Å²) < 4.78 is 10.7. The van der Waals surface area contributed by atoms with Crippen molar-refractivity contribution < 1.29 is 19.4 Å². The molecule has 33 heavy (non-hydrogen) atoms. The fourth-order valence-corrected chi connectivity index (χ4v) is 6.52. The Morgan fingerprint density at radius 2 is 1.70 bits per heavy atom. The Morgan fingerprint density at radius 1 is 1.00 bits per heavy atom. The Kier molecular flexibility index (Phi) is 2.94. The minimum absolute atomic E-state index is 0.0675.